The zero-order valence-corrected chi connectivity index (χ0v) is 15.6. The van der Waals surface area contributed by atoms with Crippen LogP contribution in [0.25, 0.3) is 11.0 Å². The molecule has 2 fully saturated rings. The van der Waals surface area contributed by atoms with Crippen LogP contribution in [-0.4, -0.2) is 51.0 Å². The Morgan fingerprint density at radius 1 is 1.21 bits per heavy atom. The highest BCUT2D eigenvalue weighted by molar-refractivity contribution is 14.1. The van der Waals surface area contributed by atoms with Crippen LogP contribution in [0.15, 0.2) is 12.5 Å². The average molecular weight is 440 g/mol. The van der Waals surface area contributed by atoms with Gasteiger partial charge in [-0.25, -0.2) is 9.97 Å². The lowest BCUT2D eigenvalue weighted by atomic mass is 9.89. The van der Waals surface area contributed by atoms with E-state index in [4.69, 9.17) is 5.73 Å². The van der Waals surface area contributed by atoms with Gasteiger partial charge in [0.2, 0.25) is 5.91 Å². The Morgan fingerprint density at radius 3 is 2.71 bits per heavy atom. The highest BCUT2D eigenvalue weighted by Gasteiger charge is 2.30. The van der Waals surface area contributed by atoms with Gasteiger partial charge in [-0.3, -0.25) is 9.69 Å². The monoisotopic (exact) mass is 440 g/mol. The Labute approximate surface area is 154 Å². The van der Waals surface area contributed by atoms with Gasteiger partial charge in [0, 0.05) is 34.9 Å². The lowest BCUT2D eigenvalue weighted by Gasteiger charge is -2.38. The number of piperazine rings is 1. The number of amides is 1. The molecule has 1 saturated heterocycles. The van der Waals surface area contributed by atoms with Gasteiger partial charge in [-0.15, -0.1) is 0 Å². The van der Waals surface area contributed by atoms with Gasteiger partial charge in [0.15, 0.2) is 0 Å². The number of anilines is 1. The molecule has 1 aliphatic heterocycles. The lowest BCUT2D eigenvalue weighted by molar-refractivity contribution is -0.125. The van der Waals surface area contributed by atoms with Crippen molar-refractivity contribution < 1.29 is 4.79 Å². The van der Waals surface area contributed by atoms with Crippen molar-refractivity contribution in [3.8, 4) is 0 Å². The third-order valence-electron chi connectivity index (χ3n) is 5.24. The fourth-order valence-corrected chi connectivity index (χ4v) is 4.83. The van der Waals surface area contributed by atoms with Crippen LogP contribution < -0.4 is 11.1 Å². The molecule has 1 saturated carbocycles. The summed E-state index contributed by atoms with van der Waals surface area (Å²) in [5.41, 5.74) is 6.96. The van der Waals surface area contributed by atoms with Crippen LogP contribution in [0.4, 0.5) is 5.82 Å². The maximum Gasteiger partial charge on any atom is 0.234 e. The number of nitrogens with one attached hydrogen (secondary N) is 1. The highest BCUT2D eigenvalue weighted by atomic mass is 127. The molecule has 0 atom stereocenters. The molecular formula is C16H21IN6O. The van der Waals surface area contributed by atoms with Gasteiger partial charge in [0.25, 0.3) is 0 Å². The summed E-state index contributed by atoms with van der Waals surface area (Å²) >= 11 is 2.31. The van der Waals surface area contributed by atoms with E-state index in [0.717, 1.165) is 53.4 Å². The van der Waals surface area contributed by atoms with E-state index < -0.39 is 0 Å². The lowest BCUT2D eigenvalue weighted by Crippen LogP contribution is -2.52. The Kier molecular flexibility index (Phi) is 4.33. The van der Waals surface area contributed by atoms with Crippen molar-refractivity contribution in [3.63, 3.8) is 0 Å². The number of hydrogen-bond donors (Lipinski definition) is 2. The molecule has 8 heteroatoms. The van der Waals surface area contributed by atoms with E-state index >= 15 is 0 Å². The predicted molar refractivity (Wildman–Crippen MR) is 101 cm³/mol. The largest absolute Gasteiger partial charge is 0.383 e. The van der Waals surface area contributed by atoms with Crippen LogP contribution in [0.5, 0.6) is 0 Å². The number of hydrogen-bond acceptors (Lipinski definition) is 5. The topological polar surface area (TPSA) is 89.1 Å². The van der Waals surface area contributed by atoms with E-state index in [-0.39, 0.29) is 5.91 Å². The van der Waals surface area contributed by atoms with E-state index in [1.165, 1.54) is 0 Å². The van der Waals surface area contributed by atoms with E-state index in [2.05, 4.69) is 53.5 Å². The van der Waals surface area contributed by atoms with Gasteiger partial charge >= 0.3 is 0 Å². The first-order valence-corrected chi connectivity index (χ1v) is 9.48. The molecule has 1 amide bonds. The fourth-order valence-electron chi connectivity index (χ4n) is 4.01. The Hall–Kier alpha value is -1.42. The number of nitrogen functional groups attached to an aromatic ring is 1. The number of halogens is 1. The van der Waals surface area contributed by atoms with Gasteiger partial charge < -0.3 is 15.6 Å². The van der Waals surface area contributed by atoms with E-state index in [0.29, 0.717) is 24.4 Å². The Balaban J connectivity index is 1.50. The number of carbonyl (C=O) groups is 1. The normalized spacial score (nSPS) is 25.8. The number of fused-ring (bicyclic) bond motifs is 1. The number of rotatable bonds is 2. The van der Waals surface area contributed by atoms with Gasteiger partial charge in [0.1, 0.15) is 17.8 Å². The Morgan fingerprint density at radius 2 is 1.96 bits per heavy atom. The van der Waals surface area contributed by atoms with Gasteiger partial charge in [-0.2, -0.15) is 0 Å². The molecule has 0 spiro atoms. The summed E-state index contributed by atoms with van der Waals surface area (Å²) in [7, 11) is 0. The number of nitrogens with two attached hydrogens (primary N) is 1. The van der Waals surface area contributed by atoms with Crippen molar-refractivity contribution in [2.75, 3.05) is 25.4 Å². The summed E-state index contributed by atoms with van der Waals surface area (Å²) in [5, 5.41) is 3.87. The summed E-state index contributed by atoms with van der Waals surface area (Å²) in [6.07, 6.45) is 8.14. The molecule has 3 heterocycles. The maximum absolute atomic E-state index is 11.6. The van der Waals surface area contributed by atoms with Crippen LogP contribution in [-0.2, 0) is 4.79 Å². The molecule has 2 aromatic rings. The summed E-state index contributed by atoms with van der Waals surface area (Å²) in [4.78, 5) is 22.5. The number of nitrogens with zero attached hydrogens (tertiary/aromatic N) is 4. The minimum Gasteiger partial charge on any atom is -0.383 e. The maximum atomic E-state index is 11.6. The van der Waals surface area contributed by atoms with E-state index in [1.807, 2.05) is 0 Å². The first-order chi connectivity index (χ1) is 11.6. The fraction of sp³-hybridized carbons (Fsp3) is 0.562. The molecular weight excluding hydrogens is 419 g/mol. The van der Waals surface area contributed by atoms with Crippen LogP contribution in [0.1, 0.15) is 31.7 Å². The van der Waals surface area contributed by atoms with Crippen LogP contribution in [0.3, 0.4) is 0 Å². The first kappa shape index (κ1) is 16.1. The minimum atomic E-state index is 0.154. The van der Waals surface area contributed by atoms with Crippen molar-refractivity contribution in [1.82, 2.24) is 24.8 Å². The molecule has 0 bridgehead atoms. The van der Waals surface area contributed by atoms with Gasteiger partial charge in [-0.1, -0.05) is 0 Å². The standard InChI is InChI=1S/C16H21IN6O/c17-12-7-23(16-14(12)15(18)20-9-21-16)11-3-1-10(2-4-11)22-6-5-19-13(24)8-22/h7,9-11H,1-6,8H2,(H,19,24)(H2,18,20,21). The molecule has 0 radical (unpaired) electrons. The Bertz CT molecular complexity index is 767. The molecule has 4 rings (SSSR count). The van der Waals surface area contributed by atoms with Gasteiger partial charge in [-0.05, 0) is 48.3 Å². The van der Waals surface area contributed by atoms with Crippen molar-refractivity contribution in [3.05, 3.63) is 16.1 Å². The van der Waals surface area contributed by atoms with Crippen molar-refractivity contribution in [2.45, 2.75) is 37.8 Å². The zero-order valence-electron chi connectivity index (χ0n) is 13.4. The molecule has 7 nitrogen and oxygen atoms in total. The molecule has 1 aliphatic carbocycles. The highest BCUT2D eigenvalue weighted by Crippen LogP contribution is 2.35. The smallest absolute Gasteiger partial charge is 0.234 e. The SMILES string of the molecule is Nc1ncnc2c1c(I)cn2C1CCC(N2CCNC(=O)C2)CC1. The average Bonchev–Trinajstić information content (AvgIpc) is 2.93. The molecule has 2 aromatic heterocycles. The number of aromatic nitrogens is 3. The zero-order chi connectivity index (χ0) is 16.7. The van der Waals surface area contributed by atoms with Crippen molar-refractivity contribution in [1.29, 1.82) is 0 Å². The van der Waals surface area contributed by atoms with Crippen LogP contribution in [0, 0.1) is 3.57 Å². The quantitative estimate of drug-likeness (QED) is 0.692. The molecule has 128 valence electrons. The molecule has 24 heavy (non-hydrogen) atoms. The third kappa shape index (κ3) is 2.85. The van der Waals surface area contributed by atoms with Crippen LogP contribution in [0.2, 0.25) is 0 Å². The second-order valence-corrected chi connectivity index (χ2v) is 7.79. The summed E-state index contributed by atoms with van der Waals surface area (Å²) in [6.45, 7) is 2.29. The van der Waals surface area contributed by atoms with Crippen molar-refractivity contribution in [2.24, 2.45) is 0 Å². The van der Waals surface area contributed by atoms with E-state index in [1.54, 1.807) is 6.33 Å². The molecule has 2 aliphatic rings. The number of carbonyl (C=O) groups excluding carboxylic acids is 1. The summed E-state index contributed by atoms with van der Waals surface area (Å²) in [6, 6.07) is 0.966. The predicted octanol–water partition coefficient (Wildman–Crippen LogP) is 1.53. The molecule has 0 aromatic carbocycles. The minimum absolute atomic E-state index is 0.154. The molecule has 3 N–H and O–H groups in total. The summed E-state index contributed by atoms with van der Waals surface area (Å²) < 4.78 is 3.38. The first-order valence-electron chi connectivity index (χ1n) is 8.40. The second-order valence-electron chi connectivity index (χ2n) is 6.62. The third-order valence-corrected chi connectivity index (χ3v) is 6.05. The molecule has 0 unspecified atom stereocenters. The second kappa shape index (κ2) is 6.47. The van der Waals surface area contributed by atoms with Crippen LogP contribution >= 0.6 is 22.6 Å². The van der Waals surface area contributed by atoms with E-state index in [9.17, 15) is 4.79 Å². The summed E-state index contributed by atoms with van der Waals surface area (Å²) in [5.74, 6) is 0.706. The van der Waals surface area contributed by atoms with Crippen molar-refractivity contribution >= 4 is 45.3 Å². The van der Waals surface area contributed by atoms with Gasteiger partial charge in [0.05, 0.1) is 11.9 Å².